The molecule has 1 aromatic carbocycles. The highest BCUT2D eigenvalue weighted by Gasteiger charge is 2.19. The molecule has 0 unspecified atom stereocenters. The van der Waals surface area contributed by atoms with Crippen molar-refractivity contribution in [1.29, 1.82) is 0 Å². The molecule has 1 heterocycles. The van der Waals surface area contributed by atoms with Crippen molar-refractivity contribution >= 4 is 5.91 Å². The van der Waals surface area contributed by atoms with Gasteiger partial charge in [0.2, 0.25) is 5.91 Å². The topological polar surface area (TPSA) is 77.1 Å². The molecule has 0 radical (unpaired) electrons. The summed E-state index contributed by atoms with van der Waals surface area (Å²) in [6.07, 6.45) is 3.79. The Bertz CT molecular complexity index is 732. The summed E-state index contributed by atoms with van der Waals surface area (Å²) in [4.78, 5) is 23.7. The van der Waals surface area contributed by atoms with E-state index in [1.54, 1.807) is 12.1 Å². The Labute approximate surface area is 132 Å². The minimum atomic E-state index is -0.666. The molecule has 1 N–H and O–H groups in total. The number of halogens is 1. The fourth-order valence-corrected chi connectivity index (χ4v) is 2.52. The summed E-state index contributed by atoms with van der Waals surface area (Å²) in [6.45, 7) is 0.526. The van der Waals surface area contributed by atoms with E-state index in [4.69, 9.17) is 0 Å². The van der Waals surface area contributed by atoms with E-state index in [9.17, 15) is 14.0 Å². The van der Waals surface area contributed by atoms with Crippen LogP contribution in [0.2, 0.25) is 0 Å². The second-order valence-corrected chi connectivity index (χ2v) is 5.86. The molecule has 0 aliphatic heterocycles. The van der Waals surface area contributed by atoms with Crippen molar-refractivity contribution in [2.45, 2.75) is 32.2 Å². The number of carbonyl (C=O) groups is 1. The van der Waals surface area contributed by atoms with Gasteiger partial charge in [0.15, 0.2) is 5.82 Å². The van der Waals surface area contributed by atoms with Crippen molar-refractivity contribution in [3.8, 4) is 0 Å². The molecule has 1 aliphatic carbocycles. The summed E-state index contributed by atoms with van der Waals surface area (Å²) in [5.41, 5.74) is 0.781. The van der Waals surface area contributed by atoms with Crippen LogP contribution in [0.4, 0.5) is 4.39 Å². The van der Waals surface area contributed by atoms with Crippen LogP contribution in [0.25, 0.3) is 0 Å². The second-order valence-electron chi connectivity index (χ2n) is 5.86. The van der Waals surface area contributed by atoms with E-state index in [0.29, 0.717) is 24.7 Å². The third kappa shape index (κ3) is 3.85. The van der Waals surface area contributed by atoms with Gasteiger partial charge in [-0.1, -0.05) is 23.7 Å². The van der Waals surface area contributed by atoms with Gasteiger partial charge in [0.05, 0.1) is 0 Å². The maximum absolute atomic E-state index is 12.9. The van der Waals surface area contributed by atoms with Crippen LogP contribution in [0.5, 0.6) is 0 Å². The molecular formula is C16H18FN3O3. The smallest absolute Gasteiger partial charge is 0.354 e. The molecule has 2 aromatic rings. The standard InChI is InChI=1S/C16H18FN3O3/c17-13-6-4-11(5-7-13)8-14-19-23-16(22)20(14)10-15(21)18-9-12-2-1-3-12/h4-7,12H,1-3,8-10H2,(H,18,21). The summed E-state index contributed by atoms with van der Waals surface area (Å²) in [5, 5.41) is 6.54. The highest BCUT2D eigenvalue weighted by Crippen LogP contribution is 2.25. The molecule has 122 valence electrons. The van der Waals surface area contributed by atoms with Gasteiger partial charge in [-0.25, -0.2) is 9.18 Å². The minimum Gasteiger partial charge on any atom is -0.354 e. The maximum Gasteiger partial charge on any atom is 0.442 e. The molecule has 0 saturated heterocycles. The van der Waals surface area contributed by atoms with Gasteiger partial charge in [-0.2, -0.15) is 0 Å². The van der Waals surface area contributed by atoms with Crippen molar-refractivity contribution in [2.24, 2.45) is 5.92 Å². The lowest BCUT2D eigenvalue weighted by molar-refractivity contribution is -0.122. The molecule has 1 amide bonds. The molecule has 1 aliphatic rings. The number of hydrogen-bond acceptors (Lipinski definition) is 4. The summed E-state index contributed by atoms with van der Waals surface area (Å²) >= 11 is 0. The van der Waals surface area contributed by atoms with Crippen molar-refractivity contribution in [3.63, 3.8) is 0 Å². The molecule has 23 heavy (non-hydrogen) atoms. The van der Waals surface area contributed by atoms with Gasteiger partial charge < -0.3 is 5.32 Å². The van der Waals surface area contributed by atoms with Crippen molar-refractivity contribution in [2.75, 3.05) is 6.54 Å². The zero-order valence-electron chi connectivity index (χ0n) is 12.6. The Kier molecular flexibility index (Phi) is 4.55. The lowest BCUT2D eigenvalue weighted by Gasteiger charge is -2.25. The van der Waals surface area contributed by atoms with Crippen LogP contribution >= 0.6 is 0 Å². The van der Waals surface area contributed by atoms with Crippen LogP contribution in [0.15, 0.2) is 33.6 Å². The van der Waals surface area contributed by atoms with Crippen LogP contribution in [-0.2, 0) is 17.8 Å². The Morgan fingerprint density at radius 3 is 2.74 bits per heavy atom. The van der Waals surface area contributed by atoms with E-state index >= 15 is 0 Å². The van der Waals surface area contributed by atoms with Crippen molar-refractivity contribution in [1.82, 2.24) is 15.0 Å². The first kappa shape index (κ1) is 15.5. The number of nitrogens with zero attached hydrogens (tertiary/aromatic N) is 2. The molecule has 6 nitrogen and oxygen atoms in total. The monoisotopic (exact) mass is 319 g/mol. The minimum absolute atomic E-state index is 0.119. The highest BCUT2D eigenvalue weighted by atomic mass is 19.1. The van der Waals surface area contributed by atoms with Gasteiger partial charge in [-0.05, 0) is 36.5 Å². The predicted octanol–water partition coefficient (Wildman–Crippen LogP) is 1.48. The highest BCUT2D eigenvalue weighted by molar-refractivity contribution is 5.75. The fourth-order valence-electron chi connectivity index (χ4n) is 2.52. The van der Waals surface area contributed by atoms with E-state index < -0.39 is 5.76 Å². The molecule has 0 bridgehead atoms. The number of nitrogens with one attached hydrogen (secondary N) is 1. The average Bonchev–Trinajstić information content (AvgIpc) is 2.81. The lowest BCUT2D eigenvalue weighted by Crippen LogP contribution is -2.36. The van der Waals surface area contributed by atoms with E-state index in [1.807, 2.05) is 0 Å². The summed E-state index contributed by atoms with van der Waals surface area (Å²) in [7, 11) is 0. The normalized spacial score (nSPS) is 14.5. The number of hydrogen-bond donors (Lipinski definition) is 1. The number of rotatable bonds is 6. The molecular weight excluding hydrogens is 301 g/mol. The second kappa shape index (κ2) is 6.76. The van der Waals surface area contributed by atoms with Crippen LogP contribution in [0, 0.1) is 11.7 Å². The van der Waals surface area contributed by atoms with E-state index in [-0.39, 0.29) is 18.3 Å². The quantitative estimate of drug-likeness (QED) is 0.875. The predicted molar refractivity (Wildman–Crippen MR) is 80.3 cm³/mol. The Morgan fingerprint density at radius 1 is 1.35 bits per heavy atom. The molecule has 0 atom stereocenters. The van der Waals surface area contributed by atoms with E-state index in [1.165, 1.54) is 23.1 Å². The van der Waals surface area contributed by atoms with Gasteiger partial charge in [-0.3, -0.25) is 13.9 Å². The zero-order valence-corrected chi connectivity index (χ0v) is 12.6. The number of carbonyl (C=O) groups excluding carboxylic acids is 1. The van der Waals surface area contributed by atoms with Crippen molar-refractivity contribution in [3.05, 3.63) is 52.0 Å². The summed E-state index contributed by atoms with van der Waals surface area (Å²) in [6, 6.07) is 5.89. The van der Waals surface area contributed by atoms with Gasteiger partial charge >= 0.3 is 5.76 Å². The molecule has 0 spiro atoms. The zero-order chi connectivity index (χ0) is 16.2. The van der Waals surface area contributed by atoms with Crippen LogP contribution < -0.4 is 11.1 Å². The first-order valence-corrected chi connectivity index (χ1v) is 7.68. The lowest BCUT2D eigenvalue weighted by atomic mass is 9.85. The first-order chi connectivity index (χ1) is 11.1. The van der Waals surface area contributed by atoms with Crippen LogP contribution in [0.1, 0.15) is 30.7 Å². The van der Waals surface area contributed by atoms with E-state index in [0.717, 1.165) is 18.4 Å². The van der Waals surface area contributed by atoms with Gasteiger partial charge in [0.25, 0.3) is 0 Å². The number of benzene rings is 1. The maximum atomic E-state index is 12.9. The van der Waals surface area contributed by atoms with Crippen molar-refractivity contribution < 1.29 is 13.7 Å². The molecule has 3 rings (SSSR count). The fraction of sp³-hybridized carbons (Fsp3) is 0.438. The van der Waals surface area contributed by atoms with Crippen LogP contribution in [0.3, 0.4) is 0 Å². The molecule has 1 aromatic heterocycles. The Balaban J connectivity index is 1.64. The van der Waals surface area contributed by atoms with Crippen LogP contribution in [-0.4, -0.2) is 22.2 Å². The van der Waals surface area contributed by atoms with Gasteiger partial charge in [-0.15, -0.1) is 0 Å². The number of amides is 1. The average molecular weight is 319 g/mol. The SMILES string of the molecule is O=C(Cn1c(Cc2ccc(F)cc2)noc1=O)NCC1CCC1. The largest absolute Gasteiger partial charge is 0.442 e. The van der Waals surface area contributed by atoms with Gasteiger partial charge in [0, 0.05) is 13.0 Å². The first-order valence-electron chi connectivity index (χ1n) is 7.68. The third-order valence-corrected chi connectivity index (χ3v) is 4.15. The van der Waals surface area contributed by atoms with Gasteiger partial charge in [0.1, 0.15) is 12.4 Å². The summed E-state index contributed by atoms with van der Waals surface area (Å²) < 4.78 is 18.8. The molecule has 7 heteroatoms. The molecule has 1 fully saturated rings. The van der Waals surface area contributed by atoms with E-state index in [2.05, 4.69) is 15.0 Å². The summed E-state index contributed by atoms with van der Waals surface area (Å²) in [5.74, 6) is -0.331. The Morgan fingerprint density at radius 2 is 2.09 bits per heavy atom. The third-order valence-electron chi connectivity index (χ3n) is 4.15. The molecule has 1 saturated carbocycles. The number of aromatic nitrogens is 2. The Hall–Kier alpha value is -2.44.